The van der Waals surface area contributed by atoms with Gasteiger partial charge in [0.15, 0.2) is 12.4 Å². The van der Waals surface area contributed by atoms with Crippen LogP contribution in [0, 0.1) is 0 Å². The maximum atomic E-state index is 12.2. The van der Waals surface area contributed by atoms with E-state index in [0.717, 1.165) is 11.5 Å². The summed E-state index contributed by atoms with van der Waals surface area (Å²) in [6, 6.07) is 13.5. The topological polar surface area (TPSA) is 73.3 Å². The molecule has 2 aromatic carbocycles. The van der Waals surface area contributed by atoms with Crippen LogP contribution in [0.5, 0.6) is 11.5 Å². The van der Waals surface area contributed by atoms with Crippen molar-refractivity contribution in [1.82, 2.24) is 9.36 Å². The van der Waals surface area contributed by atoms with Crippen LogP contribution in [-0.4, -0.2) is 28.5 Å². The SMILES string of the molecule is CC(C)c1ccc(OCC(=O)Nc2nc(-c3ccc(OC(F)F)cc3)ns2)cc1. The van der Waals surface area contributed by atoms with Crippen molar-refractivity contribution >= 4 is 22.6 Å². The second kappa shape index (κ2) is 9.42. The van der Waals surface area contributed by atoms with Crippen molar-refractivity contribution in [1.29, 1.82) is 0 Å². The van der Waals surface area contributed by atoms with Crippen molar-refractivity contribution in [2.75, 3.05) is 11.9 Å². The Morgan fingerprint density at radius 3 is 2.34 bits per heavy atom. The first-order valence-corrected chi connectivity index (χ1v) is 9.59. The summed E-state index contributed by atoms with van der Waals surface area (Å²) in [5.41, 5.74) is 1.81. The first-order chi connectivity index (χ1) is 13.9. The molecule has 0 saturated carbocycles. The zero-order chi connectivity index (χ0) is 20.8. The summed E-state index contributed by atoms with van der Waals surface area (Å²) in [6.45, 7) is 1.17. The fourth-order valence-electron chi connectivity index (χ4n) is 2.43. The number of hydrogen-bond donors (Lipinski definition) is 1. The van der Waals surface area contributed by atoms with Crippen LogP contribution in [0.3, 0.4) is 0 Å². The van der Waals surface area contributed by atoms with Crippen molar-refractivity contribution in [3.05, 3.63) is 54.1 Å². The van der Waals surface area contributed by atoms with E-state index in [1.807, 2.05) is 24.3 Å². The van der Waals surface area contributed by atoms with Gasteiger partial charge in [-0.1, -0.05) is 26.0 Å². The molecule has 6 nitrogen and oxygen atoms in total. The number of hydrogen-bond acceptors (Lipinski definition) is 6. The summed E-state index contributed by atoms with van der Waals surface area (Å²) in [4.78, 5) is 16.3. The standard InChI is InChI=1S/C20H19F2N3O3S/c1-12(2)13-3-7-15(8-4-13)27-11-17(26)23-20-24-18(25-29-20)14-5-9-16(10-6-14)28-19(21)22/h3-10,12,19H,11H2,1-2H3,(H,23,24,25,26). The number of nitrogens with zero attached hydrogens (tertiary/aromatic N) is 2. The zero-order valence-corrected chi connectivity index (χ0v) is 16.6. The van der Waals surface area contributed by atoms with Crippen molar-refractivity contribution in [3.63, 3.8) is 0 Å². The fraction of sp³-hybridized carbons (Fsp3) is 0.250. The third kappa shape index (κ3) is 5.95. The number of amides is 1. The quantitative estimate of drug-likeness (QED) is 0.559. The van der Waals surface area contributed by atoms with E-state index in [2.05, 4.69) is 33.3 Å². The van der Waals surface area contributed by atoms with Gasteiger partial charge in [0.25, 0.3) is 5.91 Å². The average molecular weight is 419 g/mol. The van der Waals surface area contributed by atoms with Crippen molar-refractivity contribution in [3.8, 4) is 22.9 Å². The molecular formula is C20H19F2N3O3S. The lowest BCUT2D eigenvalue weighted by molar-refractivity contribution is -0.118. The van der Waals surface area contributed by atoms with E-state index in [9.17, 15) is 13.6 Å². The monoisotopic (exact) mass is 419 g/mol. The third-order valence-corrected chi connectivity index (χ3v) is 4.56. The number of rotatable bonds is 8. The van der Waals surface area contributed by atoms with Crippen LogP contribution in [0.15, 0.2) is 48.5 Å². The lowest BCUT2D eigenvalue weighted by atomic mass is 10.0. The van der Waals surface area contributed by atoms with Gasteiger partial charge in [-0.05, 0) is 47.9 Å². The number of ether oxygens (including phenoxy) is 2. The maximum Gasteiger partial charge on any atom is 0.387 e. The Morgan fingerprint density at radius 2 is 1.72 bits per heavy atom. The van der Waals surface area contributed by atoms with Crippen LogP contribution in [-0.2, 0) is 4.79 Å². The summed E-state index contributed by atoms with van der Waals surface area (Å²) in [7, 11) is 0. The molecule has 0 saturated heterocycles. The lowest BCUT2D eigenvalue weighted by Gasteiger charge is -2.08. The van der Waals surface area contributed by atoms with Crippen LogP contribution in [0.4, 0.5) is 13.9 Å². The van der Waals surface area contributed by atoms with E-state index in [-0.39, 0.29) is 18.3 Å². The van der Waals surface area contributed by atoms with E-state index in [0.29, 0.717) is 28.2 Å². The van der Waals surface area contributed by atoms with Crippen molar-refractivity contribution in [2.45, 2.75) is 26.4 Å². The fourth-order valence-corrected chi connectivity index (χ4v) is 3.04. The summed E-state index contributed by atoms with van der Waals surface area (Å²) >= 11 is 1.01. The zero-order valence-electron chi connectivity index (χ0n) is 15.8. The van der Waals surface area contributed by atoms with Gasteiger partial charge in [-0.15, -0.1) is 0 Å². The Bertz CT molecular complexity index is 944. The smallest absolute Gasteiger partial charge is 0.387 e. The van der Waals surface area contributed by atoms with Gasteiger partial charge in [0.05, 0.1) is 0 Å². The van der Waals surface area contributed by atoms with Gasteiger partial charge in [-0.25, -0.2) is 0 Å². The number of carbonyl (C=O) groups excluding carboxylic acids is 1. The van der Waals surface area contributed by atoms with Gasteiger partial charge in [0.1, 0.15) is 11.5 Å². The maximum absolute atomic E-state index is 12.2. The minimum Gasteiger partial charge on any atom is -0.484 e. The Morgan fingerprint density at radius 1 is 1.07 bits per heavy atom. The molecule has 0 atom stereocenters. The minimum absolute atomic E-state index is 0.0473. The molecule has 0 aliphatic rings. The predicted octanol–water partition coefficient (Wildman–Crippen LogP) is 4.95. The van der Waals surface area contributed by atoms with Gasteiger partial charge in [-0.3, -0.25) is 10.1 Å². The average Bonchev–Trinajstić information content (AvgIpc) is 3.15. The first-order valence-electron chi connectivity index (χ1n) is 8.82. The number of nitrogens with one attached hydrogen (secondary N) is 1. The number of alkyl halides is 2. The second-order valence-electron chi connectivity index (χ2n) is 6.39. The van der Waals surface area contributed by atoms with Crippen molar-refractivity contribution in [2.24, 2.45) is 0 Å². The molecule has 1 amide bonds. The molecule has 152 valence electrons. The highest BCUT2D eigenvalue weighted by Gasteiger charge is 2.11. The van der Waals surface area contributed by atoms with Crippen LogP contribution in [0.1, 0.15) is 25.3 Å². The van der Waals surface area contributed by atoms with Gasteiger partial charge in [0, 0.05) is 17.1 Å². The van der Waals surface area contributed by atoms with Crippen LogP contribution in [0.25, 0.3) is 11.4 Å². The highest BCUT2D eigenvalue weighted by atomic mass is 32.1. The Balaban J connectivity index is 1.53. The highest BCUT2D eigenvalue weighted by Crippen LogP contribution is 2.24. The van der Waals surface area contributed by atoms with Crippen LogP contribution < -0.4 is 14.8 Å². The molecule has 1 N–H and O–H groups in total. The van der Waals surface area contributed by atoms with Gasteiger partial charge >= 0.3 is 6.61 Å². The van der Waals surface area contributed by atoms with Gasteiger partial charge in [-0.2, -0.15) is 18.1 Å². The second-order valence-corrected chi connectivity index (χ2v) is 7.14. The predicted molar refractivity (Wildman–Crippen MR) is 107 cm³/mol. The van der Waals surface area contributed by atoms with E-state index < -0.39 is 6.61 Å². The normalized spacial score (nSPS) is 11.0. The van der Waals surface area contributed by atoms with Crippen LogP contribution >= 0.6 is 11.5 Å². The number of aromatic nitrogens is 2. The van der Waals surface area contributed by atoms with E-state index >= 15 is 0 Å². The molecule has 0 aliphatic heterocycles. The highest BCUT2D eigenvalue weighted by molar-refractivity contribution is 7.10. The molecule has 3 rings (SSSR count). The van der Waals surface area contributed by atoms with Gasteiger partial charge in [0.2, 0.25) is 5.13 Å². The molecule has 3 aromatic rings. The Labute approximate surface area is 170 Å². The molecule has 0 fully saturated rings. The van der Waals surface area contributed by atoms with E-state index in [1.165, 1.54) is 17.7 Å². The summed E-state index contributed by atoms with van der Waals surface area (Å²) in [5.74, 6) is 1.09. The summed E-state index contributed by atoms with van der Waals surface area (Å²) < 4.78 is 38.3. The molecule has 9 heteroatoms. The number of anilines is 1. The first kappa shape index (κ1) is 20.7. The molecule has 1 heterocycles. The molecule has 0 radical (unpaired) electrons. The third-order valence-electron chi connectivity index (χ3n) is 3.93. The summed E-state index contributed by atoms with van der Waals surface area (Å²) in [5, 5.41) is 2.94. The Hall–Kier alpha value is -3.07. The molecule has 0 unspecified atom stereocenters. The van der Waals surface area contributed by atoms with Gasteiger partial charge < -0.3 is 9.47 Å². The molecule has 1 aromatic heterocycles. The summed E-state index contributed by atoms with van der Waals surface area (Å²) in [6.07, 6.45) is 0. The van der Waals surface area contributed by atoms with Crippen molar-refractivity contribution < 1.29 is 23.0 Å². The van der Waals surface area contributed by atoms with Crippen LogP contribution in [0.2, 0.25) is 0 Å². The van der Waals surface area contributed by atoms with E-state index in [1.54, 1.807) is 12.1 Å². The van der Waals surface area contributed by atoms with E-state index in [4.69, 9.17) is 4.74 Å². The molecule has 29 heavy (non-hydrogen) atoms. The molecule has 0 aliphatic carbocycles. The Kier molecular flexibility index (Phi) is 6.71. The number of halogens is 2. The molecule has 0 spiro atoms. The largest absolute Gasteiger partial charge is 0.484 e. The number of benzene rings is 2. The molecule has 0 bridgehead atoms. The number of carbonyl (C=O) groups is 1. The molecular weight excluding hydrogens is 400 g/mol. The lowest BCUT2D eigenvalue weighted by Crippen LogP contribution is -2.20. The minimum atomic E-state index is -2.88.